The third-order valence-corrected chi connectivity index (χ3v) is 5.84. The summed E-state index contributed by atoms with van der Waals surface area (Å²) in [6.07, 6.45) is 3.20. The summed E-state index contributed by atoms with van der Waals surface area (Å²) in [4.78, 5) is 17.3. The Kier molecular flexibility index (Phi) is 4.99. The van der Waals surface area contributed by atoms with Crippen LogP contribution in [-0.4, -0.2) is 46.9 Å². The Labute approximate surface area is 169 Å². The molecule has 2 aliphatic heterocycles. The van der Waals surface area contributed by atoms with E-state index in [4.69, 9.17) is 9.84 Å². The number of aromatic nitrogens is 3. The molecule has 7 nitrogen and oxygen atoms in total. The van der Waals surface area contributed by atoms with Gasteiger partial charge in [0.15, 0.2) is 11.8 Å². The van der Waals surface area contributed by atoms with Crippen molar-refractivity contribution in [1.82, 2.24) is 25.4 Å². The van der Waals surface area contributed by atoms with Crippen LogP contribution < -0.4 is 10.6 Å². The second-order valence-electron chi connectivity index (χ2n) is 7.66. The summed E-state index contributed by atoms with van der Waals surface area (Å²) >= 11 is 0. The fourth-order valence-electron chi connectivity index (χ4n) is 4.37. The van der Waals surface area contributed by atoms with Gasteiger partial charge in [0.05, 0.1) is 18.8 Å². The van der Waals surface area contributed by atoms with Crippen molar-refractivity contribution in [1.29, 1.82) is 0 Å². The van der Waals surface area contributed by atoms with Crippen LogP contribution in [0.15, 0.2) is 42.6 Å². The number of benzene rings is 1. The van der Waals surface area contributed by atoms with E-state index >= 15 is 0 Å². The van der Waals surface area contributed by atoms with E-state index in [1.807, 2.05) is 28.9 Å². The van der Waals surface area contributed by atoms with Crippen molar-refractivity contribution in [2.45, 2.75) is 31.4 Å². The summed E-state index contributed by atoms with van der Waals surface area (Å²) in [6, 6.07) is 12.1. The minimum atomic E-state index is -0.535. The number of carbonyl (C=O) groups excluding carboxylic acids is 1. The maximum Gasteiger partial charge on any atom is 0.253 e. The second-order valence-corrected chi connectivity index (χ2v) is 7.66. The van der Waals surface area contributed by atoms with E-state index in [9.17, 15) is 4.79 Å². The van der Waals surface area contributed by atoms with E-state index in [0.29, 0.717) is 25.6 Å². The molecule has 2 unspecified atom stereocenters. The zero-order valence-electron chi connectivity index (χ0n) is 16.3. The fourth-order valence-corrected chi connectivity index (χ4v) is 4.37. The Bertz CT molecular complexity index is 1020. The Morgan fingerprint density at radius 1 is 1.28 bits per heavy atom. The number of amides is 1. The molecule has 0 bridgehead atoms. The smallest absolute Gasteiger partial charge is 0.253 e. The minimum absolute atomic E-state index is 0.0956. The summed E-state index contributed by atoms with van der Waals surface area (Å²) in [5.41, 5.74) is 4.14. The molecule has 2 aromatic heterocycles. The van der Waals surface area contributed by atoms with Gasteiger partial charge in [0.2, 0.25) is 0 Å². The first-order chi connectivity index (χ1) is 14.3. The summed E-state index contributed by atoms with van der Waals surface area (Å²) in [6.45, 7) is 3.61. The van der Waals surface area contributed by atoms with Crippen LogP contribution in [0.3, 0.4) is 0 Å². The average Bonchev–Trinajstić information content (AvgIpc) is 3.41. The number of fused-ring (bicyclic) bond motifs is 2. The van der Waals surface area contributed by atoms with Crippen molar-refractivity contribution < 1.29 is 9.53 Å². The third-order valence-electron chi connectivity index (χ3n) is 5.84. The lowest BCUT2D eigenvalue weighted by atomic mass is 9.97. The standard InChI is InChI=1S/C22H25N5O2/c28-22(20-17-5-2-1-4-15(17)8-13-29-20)25-11-12-27-21-18(6-3-9-24-21)19(26-27)16-7-10-23-14-16/h1-6,9,16,20,23H,7-8,10-14H2,(H,25,28). The molecular formula is C22H25N5O2. The van der Waals surface area contributed by atoms with Crippen molar-refractivity contribution in [3.63, 3.8) is 0 Å². The highest BCUT2D eigenvalue weighted by molar-refractivity contribution is 5.83. The van der Waals surface area contributed by atoms with Crippen molar-refractivity contribution in [3.05, 3.63) is 59.4 Å². The molecule has 7 heteroatoms. The number of ether oxygens (including phenoxy) is 1. The molecule has 2 atom stereocenters. The Morgan fingerprint density at radius 3 is 3.10 bits per heavy atom. The molecule has 4 heterocycles. The number of pyridine rings is 1. The van der Waals surface area contributed by atoms with Crippen LogP contribution >= 0.6 is 0 Å². The monoisotopic (exact) mass is 391 g/mol. The lowest BCUT2D eigenvalue weighted by Gasteiger charge is -2.25. The highest BCUT2D eigenvalue weighted by Crippen LogP contribution is 2.28. The molecule has 29 heavy (non-hydrogen) atoms. The number of nitrogens with zero attached hydrogens (tertiary/aromatic N) is 3. The zero-order valence-corrected chi connectivity index (χ0v) is 16.3. The molecule has 1 saturated heterocycles. The quantitative estimate of drug-likeness (QED) is 0.695. The normalized spacial score (nSPS) is 21.2. The number of hydrogen-bond acceptors (Lipinski definition) is 5. The van der Waals surface area contributed by atoms with Gasteiger partial charge >= 0.3 is 0 Å². The molecule has 1 fully saturated rings. The van der Waals surface area contributed by atoms with Gasteiger partial charge in [0, 0.05) is 30.6 Å². The average molecular weight is 391 g/mol. The number of nitrogens with one attached hydrogen (secondary N) is 2. The molecule has 0 saturated carbocycles. The van der Waals surface area contributed by atoms with Crippen molar-refractivity contribution in [2.75, 3.05) is 26.2 Å². The molecule has 1 amide bonds. The van der Waals surface area contributed by atoms with E-state index in [2.05, 4.69) is 27.8 Å². The SMILES string of the molecule is O=C(NCCn1nc(C2CCNC2)c2cccnc21)C1OCCc2ccccc21. The van der Waals surface area contributed by atoms with Gasteiger partial charge in [-0.2, -0.15) is 5.10 Å². The van der Waals surface area contributed by atoms with Crippen molar-refractivity contribution >= 4 is 16.9 Å². The molecule has 2 aliphatic rings. The van der Waals surface area contributed by atoms with Gasteiger partial charge in [-0.1, -0.05) is 24.3 Å². The van der Waals surface area contributed by atoms with Crippen LogP contribution in [0.25, 0.3) is 11.0 Å². The molecule has 0 aliphatic carbocycles. The molecule has 3 aromatic rings. The number of hydrogen-bond donors (Lipinski definition) is 2. The Morgan fingerprint density at radius 2 is 2.21 bits per heavy atom. The first-order valence-electron chi connectivity index (χ1n) is 10.3. The third kappa shape index (κ3) is 3.52. The van der Waals surface area contributed by atoms with Gasteiger partial charge in [-0.3, -0.25) is 4.79 Å². The fraction of sp³-hybridized carbons (Fsp3) is 0.409. The van der Waals surface area contributed by atoms with Gasteiger partial charge in [-0.05, 0) is 42.6 Å². The summed E-state index contributed by atoms with van der Waals surface area (Å²) < 4.78 is 7.67. The van der Waals surface area contributed by atoms with E-state index in [0.717, 1.165) is 48.2 Å². The molecule has 0 radical (unpaired) electrons. The minimum Gasteiger partial charge on any atom is -0.363 e. The molecule has 1 aromatic carbocycles. The molecule has 150 valence electrons. The summed E-state index contributed by atoms with van der Waals surface area (Å²) in [5, 5.41) is 12.4. The molecule has 0 spiro atoms. The van der Waals surface area contributed by atoms with Gasteiger partial charge in [-0.15, -0.1) is 0 Å². The number of rotatable bonds is 5. The predicted molar refractivity (Wildman–Crippen MR) is 110 cm³/mol. The van der Waals surface area contributed by atoms with Crippen LogP contribution in [-0.2, 0) is 22.5 Å². The first kappa shape index (κ1) is 18.3. The molecule has 2 N–H and O–H groups in total. The van der Waals surface area contributed by atoms with Gasteiger partial charge in [0.25, 0.3) is 5.91 Å². The van der Waals surface area contributed by atoms with E-state index < -0.39 is 6.10 Å². The van der Waals surface area contributed by atoms with Crippen molar-refractivity contribution in [2.24, 2.45) is 0 Å². The van der Waals surface area contributed by atoms with Crippen LogP contribution in [0, 0.1) is 0 Å². The Balaban J connectivity index is 1.29. The highest BCUT2D eigenvalue weighted by atomic mass is 16.5. The van der Waals surface area contributed by atoms with Gasteiger partial charge in [0.1, 0.15) is 0 Å². The van der Waals surface area contributed by atoms with E-state index in [1.165, 1.54) is 5.56 Å². The summed E-state index contributed by atoms with van der Waals surface area (Å²) in [5.74, 6) is 0.325. The van der Waals surface area contributed by atoms with Crippen LogP contribution in [0.5, 0.6) is 0 Å². The molecular weight excluding hydrogens is 366 g/mol. The lowest BCUT2D eigenvalue weighted by molar-refractivity contribution is -0.134. The largest absolute Gasteiger partial charge is 0.363 e. The zero-order chi connectivity index (χ0) is 19.6. The Hall–Kier alpha value is -2.77. The van der Waals surface area contributed by atoms with Gasteiger partial charge in [-0.25, -0.2) is 9.67 Å². The predicted octanol–water partition coefficient (Wildman–Crippen LogP) is 1.94. The van der Waals surface area contributed by atoms with Crippen molar-refractivity contribution in [3.8, 4) is 0 Å². The second kappa shape index (κ2) is 7.93. The van der Waals surface area contributed by atoms with Gasteiger partial charge < -0.3 is 15.4 Å². The van der Waals surface area contributed by atoms with E-state index in [1.54, 1.807) is 6.20 Å². The van der Waals surface area contributed by atoms with E-state index in [-0.39, 0.29) is 5.91 Å². The van der Waals surface area contributed by atoms with Crippen LogP contribution in [0.1, 0.15) is 35.3 Å². The highest BCUT2D eigenvalue weighted by Gasteiger charge is 2.27. The first-order valence-corrected chi connectivity index (χ1v) is 10.3. The lowest BCUT2D eigenvalue weighted by Crippen LogP contribution is -2.35. The number of carbonyl (C=O) groups is 1. The summed E-state index contributed by atoms with van der Waals surface area (Å²) in [7, 11) is 0. The maximum absolute atomic E-state index is 12.7. The van der Waals surface area contributed by atoms with Crippen LogP contribution in [0.4, 0.5) is 0 Å². The topological polar surface area (TPSA) is 81.1 Å². The van der Waals surface area contributed by atoms with Crippen LogP contribution in [0.2, 0.25) is 0 Å². The molecule has 5 rings (SSSR count). The maximum atomic E-state index is 12.7.